The third-order valence-electron chi connectivity index (χ3n) is 5.33. The van der Waals surface area contributed by atoms with Gasteiger partial charge in [-0.1, -0.05) is 25.1 Å². The second-order valence-electron chi connectivity index (χ2n) is 6.93. The lowest BCUT2D eigenvalue weighted by Gasteiger charge is -2.39. The lowest BCUT2D eigenvalue weighted by molar-refractivity contribution is -0.139. The van der Waals surface area contributed by atoms with Crippen LogP contribution in [-0.4, -0.2) is 72.2 Å². The summed E-state index contributed by atoms with van der Waals surface area (Å²) in [6, 6.07) is 7.71. The van der Waals surface area contributed by atoms with Crippen LogP contribution in [0.5, 0.6) is 5.75 Å². The number of carboxylic acid groups (broad SMARTS) is 1. The van der Waals surface area contributed by atoms with Gasteiger partial charge in [0.15, 0.2) is 0 Å². The number of aliphatic carboxylic acids is 1. The van der Waals surface area contributed by atoms with E-state index >= 15 is 0 Å². The van der Waals surface area contributed by atoms with Gasteiger partial charge in [0.05, 0.1) is 19.7 Å². The van der Waals surface area contributed by atoms with Gasteiger partial charge in [0.1, 0.15) is 5.75 Å². The number of hydrogen-bond acceptors (Lipinski definition) is 5. The van der Waals surface area contributed by atoms with Gasteiger partial charge >= 0.3 is 5.97 Å². The number of para-hydroxylation sites is 1. The third-order valence-corrected chi connectivity index (χ3v) is 5.33. The average Bonchev–Trinajstić information content (AvgIpc) is 2.69. The number of carboxylic acids is 1. The predicted molar refractivity (Wildman–Crippen MR) is 104 cm³/mol. The Morgan fingerprint density at radius 2 is 2.00 bits per heavy atom. The molecule has 27 heavy (non-hydrogen) atoms. The van der Waals surface area contributed by atoms with Crippen molar-refractivity contribution in [1.82, 2.24) is 15.1 Å². The highest BCUT2D eigenvalue weighted by atomic mass is 16.5. The summed E-state index contributed by atoms with van der Waals surface area (Å²) >= 11 is 0. The van der Waals surface area contributed by atoms with E-state index in [0.29, 0.717) is 6.54 Å². The number of carbonyl (C=O) groups is 2. The molecular weight excluding hydrogens is 346 g/mol. The van der Waals surface area contributed by atoms with E-state index < -0.39 is 5.97 Å². The first-order chi connectivity index (χ1) is 13.0. The molecule has 0 spiro atoms. The molecule has 2 rings (SSSR count). The molecule has 150 valence electrons. The van der Waals surface area contributed by atoms with Crippen molar-refractivity contribution >= 4 is 11.9 Å². The van der Waals surface area contributed by atoms with Crippen molar-refractivity contribution in [3.8, 4) is 5.75 Å². The molecule has 0 aromatic heterocycles. The van der Waals surface area contributed by atoms with Crippen LogP contribution >= 0.6 is 0 Å². The summed E-state index contributed by atoms with van der Waals surface area (Å²) in [5, 5.41) is 12.0. The molecule has 1 heterocycles. The normalized spacial score (nSPS) is 16.9. The van der Waals surface area contributed by atoms with Crippen LogP contribution in [0.25, 0.3) is 0 Å². The lowest BCUT2D eigenvalue weighted by Crippen LogP contribution is -2.52. The van der Waals surface area contributed by atoms with Gasteiger partial charge in [0.25, 0.3) is 0 Å². The van der Waals surface area contributed by atoms with Gasteiger partial charge in [-0.05, 0) is 32.4 Å². The summed E-state index contributed by atoms with van der Waals surface area (Å²) in [6.07, 6.45) is 1.76. The summed E-state index contributed by atoms with van der Waals surface area (Å²) in [5.41, 5.74) is 0.950. The van der Waals surface area contributed by atoms with Crippen LogP contribution in [-0.2, 0) is 16.1 Å². The Kier molecular flexibility index (Phi) is 8.06. The van der Waals surface area contributed by atoms with Gasteiger partial charge in [-0.2, -0.15) is 0 Å². The average molecular weight is 377 g/mol. The van der Waals surface area contributed by atoms with Gasteiger partial charge in [0, 0.05) is 31.2 Å². The number of rotatable bonds is 9. The molecule has 1 aromatic rings. The number of nitrogens with one attached hydrogen (secondary N) is 1. The Labute approximate surface area is 161 Å². The molecule has 0 saturated carbocycles. The Balaban J connectivity index is 1.83. The summed E-state index contributed by atoms with van der Waals surface area (Å²) in [7, 11) is 1.62. The van der Waals surface area contributed by atoms with Crippen LogP contribution in [0.1, 0.15) is 32.3 Å². The molecular formula is C20H31N3O4. The second-order valence-corrected chi connectivity index (χ2v) is 6.93. The summed E-state index contributed by atoms with van der Waals surface area (Å²) in [6.45, 7) is 6.75. The third kappa shape index (κ3) is 5.94. The van der Waals surface area contributed by atoms with Crippen LogP contribution in [0.2, 0.25) is 0 Å². The van der Waals surface area contributed by atoms with Crippen LogP contribution in [0.3, 0.4) is 0 Å². The smallest absolute Gasteiger partial charge is 0.317 e. The summed E-state index contributed by atoms with van der Waals surface area (Å²) in [5.74, 6) is -0.0232. The zero-order valence-electron chi connectivity index (χ0n) is 16.5. The van der Waals surface area contributed by atoms with Gasteiger partial charge in [-0.25, -0.2) is 0 Å². The molecule has 1 unspecified atom stereocenters. The van der Waals surface area contributed by atoms with Crippen LogP contribution in [0, 0.1) is 0 Å². The minimum absolute atomic E-state index is 0.00256. The number of likely N-dealkylation sites (N-methyl/N-ethyl adjacent to an activating group) is 1. The highest BCUT2D eigenvalue weighted by Gasteiger charge is 2.29. The van der Waals surface area contributed by atoms with E-state index in [1.807, 2.05) is 43.0 Å². The van der Waals surface area contributed by atoms with Gasteiger partial charge in [0.2, 0.25) is 5.91 Å². The molecule has 2 N–H and O–H groups in total. The number of likely N-dealkylation sites (tertiary alicyclic amines) is 1. The van der Waals surface area contributed by atoms with E-state index in [9.17, 15) is 9.59 Å². The molecule has 1 amide bonds. The molecule has 7 heteroatoms. The Bertz CT molecular complexity index is 629. The molecule has 1 atom stereocenters. The topological polar surface area (TPSA) is 82.1 Å². The number of carbonyl (C=O) groups excluding carboxylic acids is 1. The quantitative estimate of drug-likeness (QED) is 0.680. The maximum absolute atomic E-state index is 12.6. The SMILES string of the molecule is CCN(CC(=O)O)C1CCN(C(C)C(=O)NCc2ccccc2OC)CC1. The minimum Gasteiger partial charge on any atom is -0.496 e. The minimum atomic E-state index is -0.789. The van der Waals surface area contributed by atoms with E-state index in [0.717, 1.165) is 43.8 Å². The molecule has 7 nitrogen and oxygen atoms in total. The lowest BCUT2D eigenvalue weighted by atomic mass is 10.0. The van der Waals surface area contributed by atoms with Crippen LogP contribution in [0.15, 0.2) is 24.3 Å². The predicted octanol–water partition coefficient (Wildman–Crippen LogP) is 1.57. The fourth-order valence-electron chi connectivity index (χ4n) is 3.66. The van der Waals surface area contributed by atoms with E-state index in [2.05, 4.69) is 10.2 Å². The maximum atomic E-state index is 12.6. The van der Waals surface area contributed by atoms with E-state index in [4.69, 9.17) is 9.84 Å². The Hall–Kier alpha value is -2.12. The monoisotopic (exact) mass is 377 g/mol. The Morgan fingerprint density at radius 3 is 2.59 bits per heavy atom. The number of ether oxygens (including phenoxy) is 1. The number of hydrogen-bond donors (Lipinski definition) is 2. The number of amides is 1. The largest absolute Gasteiger partial charge is 0.496 e. The number of nitrogens with zero attached hydrogens (tertiary/aromatic N) is 2. The van der Waals surface area contributed by atoms with Crippen molar-refractivity contribution in [3.63, 3.8) is 0 Å². The fraction of sp³-hybridized carbons (Fsp3) is 0.600. The molecule has 1 fully saturated rings. The van der Waals surface area contributed by atoms with E-state index in [1.165, 1.54) is 0 Å². The van der Waals surface area contributed by atoms with Crippen molar-refractivity contribution in [2.45, 2.75) is 45.3 Å². The van der Waals surface area contributed by atoms with Crippen molar-refractivity contribution < 1.29 is 19.4 Å². The van der Waals surface area contributed by atoms with Crippen molar-refractivity contribution in [1.29, 1.82) is 0 Å². The van der Waals surface area contributed by atoms with Crippen molar-refractivity contribution in [2.75, 3.05) is 33.3 Å². The summed E-state index contributed by atoms with van der Waals surface area (Å²) in [4.78, 5) is 27.7. The second kappa shape index (κ2) is 10.3. The van der Waals surface area contributed by atoms with Crippen LogP contribution in [0.4, 0.5) is 0 Å². The molecule has 0 bridgehead atoms. The zero-order chi connectivity index (χ0) is 19.8. The molecule has 0 radical (unpaired) electrons. The highest BCUT2D eigenvalue weighted by molar-refractivity contribution is 5.81. The number of benzene rings is 1. The molecule has 1 aliphatic heterocycles. The van der Waals surface area contributed by atoms with Crippen molar-refractivity contribution in [3.05, 3.63) is 29.8 Å². The molecule has 1 aromatic carbocycles. The van der Waals surface area contributed by atoms with Gasteiger partial charge in [-0.3, -0.25) is 19.4 Å². The highest BCUT2D eigenvalue weighted by Crippen LogP contribution is 2.19. The first kappa shape index (κ1) is 21.2. The van der Waals surface area contributed by atoms with E-state index in [-0.39, 0.29) is 24.5 Å². The van der Waals surface area contributed by atoms with Crippen LogP contribution < -0.4 is 10.1 Å². The first-order valence-corrected chi connectivity index (χ1v) is 9.55. The van der Waals surface area contributed by atoms with E-state index in [1.54, 1.807) is 7.11 Å². The number of piperidine rings is 1. The fourth-order valence-corrected chi connectivity index (χ4v) is 3.66. The standard InChI is InChI=1S/C20H31N3O4/c1-4-22(14-19(24)25)17-9-11-23(12-10-17)15(2)20(26)21-13-16-7-5-6-8-18(16)27-3/h5-8,15,17H,4,9-14H2,1-3H3,(H,21,26)(H,24,25). The Morgan fingerprint density at radius 1 is 1.33 bits per heavy atom. The van der Waals surface area contributed by atoms with Gasteiger partial charge in [-0.15, -0.1) is 0 Å². The summed E-state index contributed by atoms with van der Waals surface area (Å²) < 4.78 is 5.32. The van der Waals surface area contributed by atoms with Crippen molar-refractivity contribution in [2.24, 2.45) is 0 Å². The number of methoxy groups -OCH3 is 1. The molecule has 0 aliphatic carbocycles. The van der Waals surface area contributed by atoms with Gasteiger partial charge < -0.3 is 15.2 Å². The molecule has 1 aliphatic rings. The maximum Gasteiger partial charge on any atom is 0.317 e. The molecule has 1 saturated heterocycles. The first-order valence-electron chi connectivity index (χ1n) is 9.55. The zero-order valence-corrected chi connectivity index (χ0v) is 16.5.